The molecular formula is C21H22NO5+. The first kappa shape index (κ1) is 18.7. The Labute approximate surface area is 157 Å². The number of benzene rings is 2. The van der Waals surface area contributed by atoms with Crippen LogP contribution in [0.15, 0.2) is 54.2 Å². The summed E-state index contributed by atoms with van der Waals surface area (Å²) in [7, 11) is 0. The molecule has 1 amide bonds. The zero-order chi connectivity index (χ0) is 19.4. The van der Waals surface area contributed by atoms with Gasteiger partial charge in [0.2, 0.25) is 0 Å². The van der Waals surface area contributed by atoms with Crippen molar-refractivity contribution in [1.29, 1.82) is 0 Å². The van der Waals surface area contributed by atoms with Crippen LogP contribution in [0.5, 0.6) is 5.75 Å². The first-order valence-corrected chi connectivity index (χ1v) is 8.86. The first-order chi connectivity index (χ1) is 13.0. The van der Waals surface area contributed by atoms with Gasteiger partial charge in [-0.3, -0.25) is 4.79 Å². The van der Waals surface area contributed by atoms with E-state index in [0.29, 0.717) is 22.6 Å². The summed E-state index contributed by atoms with van der Waals surface area (Å²) in [4.78, 5) is 25.5. The zero-order valence-corrected chi connectivity index (χ0v) is 15.3. The fourth-order valence-corrected chi connectivity index (χ4v) is 3.42. The molecule has 0 saturated heterocycles. The number of amides is 1. The Kier molecular flexibility index (Phi) is 5.28. The lowest BCUT2D eigenvalue weighted by molar-refractivity contribution is -0.142. The lowest BCUT2D eigenvalue weighted by atomic mass is 10.1. The van der Waals surface area contributed by atoms with Gasteiger partial charge in [-0.05, 0) is 26.0 Å². The van der Waals surface area contributed by atoms with Crippen molar-refractivity contribution in [3.63, 3.8) is 0 Å². The molecule has 0 spiro atoms. The van der Waals surface area contributed by atoms with Gasteiger partial charge in [-0.2, -0.15) is 4.79 Å². The highest BCUT2D eigenvalue weighted by molar-refractivity contribution is 6.02. The summed E-state index contributed by atoms with van der Waals surface area (Å²) in [6.07, 6.45) is 1.16. The van der Waals surface area contributed by atoms with E-state index in [2.05, 4.69) is 0 Å². The third-order valence-electron chi connectivity index (χ3n) is 4.44. The number of carbonyl (C=O) groups excluding carboxylic acids is 2. The van der Waals surface area contributed by atoms with Gasteiger partial charge in [0.15, 0.2) is 11.4 Å². The topological polar surface area (TPSA) is 72.8 Å². The molecule has 1 N–H and O–H groups in total. The van der Waals surface area contributed by atoms with Crippen molar-refractivity contribution in [2.24, 2.45) is 0 Å². The van der Waals surface area contributed by atoms with Gasteiger partial charge in [0.1, 0.15) is 17.9 Å². The minimum Gasteiger partial charge on any atom is -0.508 e. The summed E-state index contributed by atoms with van der Waals surface area (Å²) in [6.45, 7) is 3.93. The Balaban J connectivity index is 2.24. The molecule has 0 fully saturated rings. The molecule has 6 heteroatoms. The van der Waals surface area contributed by atoms with Crippen LogP contribution in [0.3, 0.4) is 0 Å². The van der Waals surface area contributed by atoms with E-state index >= 15 is 0 Å². The molecule has 1 aliphatic heterocycles. The third kappa shape index (κ3) is 3.19. The van der Waals surface area contributed by atoms with Gasteiger partial charge in [0.25, 0.3) is 0 Å². The van der Waals surface area contributed by atoms with Gasteiger partial charge >= 0.3 is 12.1 Å². The number of rotatable bonds is 5. The monoisotopic (exact) mass is 368 g/mol. The summed E-state index contributed by atoms with van der Waals surface area (Å²) in [6, 6.07) is 13.9. The number of nitrogens with zero attached hydrogens (tertiary/aromatic N) is 1. The maximum Gasteiger partial charge on any atom is 0.531 e. The average molecular weight is 368 g/mol. The molecule has 1 unspecified atom stereocenters. The number of hydrogen-bond acceptors (Lipinski definition) is 5. The molecule has 0 radical (unpaired) electrons. The van der Waals surface area contributed by atoms with Crippen LogP contribution in [0, 0.1) is 0 Å². The fraction of sp³-hybridized carbons (Fsp3) is 0.238. The van der Waals surface area contributed by atoms with E-state index in [1.54, 1.807) is 32.1 Å². The Morgan fingerprint density at radius 2 is 1.70 bits per heavy atom. The fourth-order valence-electron chi connectivity index (χ4n) is 3.42. The number of para-hydroxylation sites is 1. The van der Waals surface area contributed by atoms with Crippen molar-refractivity contribution in [2.75, 3.05) is 13.2 Å². The molecule has 140 valence electrons. The van der Waals surface area contributed by atoms with E-state index in [-0.39, 0.29) is 29.9 Å². The smallest absolute Gasteiger partial charge is 0.508 e. The minimum absolute atomic E-state index is 0.0724. The molecule has 0 aromatic heterocycles. The van der Waals surface area contributed by atoms with Crippen molar-refractivity contribution in [1.82, 2.24) is 4.48 Å². The molecule has 0 aliphatic carbocycles. The number of fused-ring (bicyclic) bond motifs is 1. The number of quaternary nitrogens is 1. The maximum absolute atomic E-state index is 13.3. The molecule has 2 aromatic rings. The Bertz CT molecular complexity index is 891. The first-order valence-electron chi connectivity index (χ1n) is 8.86. The highest BCUT2D eigenvalue weighted by Gasteiger charge is 2.53. The normalized spacial score (nSPS) is 17.8. The number of carbonyl (C=O) groups is 2. The molecule has 2 aromatic carbocycles. The van der Waals surface area contributed by atoms with E-state index in [4.69, 9.17) is 9.47 Å². The van der Waals surface area contributed by atoms with Crippen LogP contribution in [-0.2, 0) is 14.3 Å². The van der Waals surface area contributed by atoms with Crippen molar-refractivity contribution >= 4 is 29.5 Å². The molecule has 1 heterocycles. The van der Waals surface area contributed by atoms with Crippen molar-refractivity contribution in [3.05, 3.63) is 59.8 Å². The number of phenols is 1. The van der Waals surface area contributed by atoms with Crippen LogP contribution >= 0.6 is 0 Å². The lowest BCUT2D eigenvalue weighted by Crippen LogP contribution is -2.48. The van der Waals surface area contributed by atoms with Crippen LogP contribution in [0.4, 0.5) is 16.2 Å². The van der Waals surface area contributed by atoms with E-state index < -0.39 is 12.1 Å². The second kappa shape index (κ2) is 7.63. The molecule has 0 saturated carbocycles. The SMILES string of the molecule is CCOC(=O)CC1=Cc2cc(O)ccc2[N+]1(C(=O)OCC)c1ccccc1. The lowest BCUT2D eigenvalue weighted by Gasteiger charge is -2.31. The highest BCUT2D eigenvalue weighted by atomic mass is 16.6. The number of esters is 1. The number of phenolic OH excluding ortho intramolecular Hbond substituents is 1. The number of ether oxygens (including phenoxy) is 2. The summed E-state index contributed by atoms with van der Waals surface area (Å²) >= 11 is 0. The van der Waals surface area contributed by atoms with Crippen LogP contribution in [-0.4, -0.2) is 30.4 Å². The molecular weight excluding hydrogens is 346 g/mol. The van der Waals surface area contributed by atoms with Gasteiger partial charge in [-0.15, -0.1) is 4.48 Å². The predicted octanol–water partition coefficient (Wildman–Crippen LogP) is 4.50. The van der Waals surface area contributed by atoms with Crippen molar-refractivity contribution in [3.8, 4) is 5.75 Å². The summed E-state index contributed by atoms with van der Waals surface area (Å²) in [5.74, 6) is -0.346. The molecule has 0 bridgehead atoms. The van der Waals surface area contributed by atoms with Crippen LogP contribution in [0.1, 0.15) is 25.8 Å². The van der Waals surface area contributed by atoms with Crippen LogP contribution in [0.25, 0.3) is 6.08 Å². The largest absolute Gasteiger partial charge is 0.531 e. The second-order valence-electron chi connectivity index (χ2n) is 6.07. The minimum atomic E-state index is -0.510. The van der Waals surface area contributed by atoms with Gasteiger partial charge in [0.05, 0.1) is 13.2 Å². The van der Waals surface area contributed by atoms with Gasteiger partial charge in [-0.1, -0.05) is 18.2 Å². The van der Waals surface area contributed by atoms with E-state index in [9.17, 15) is 14.7 Å². The Morgan fingerprint density at radius 1 is 1.00 bits per heavy atom. The van der Waals surface area contributed by atoms with E-state index in [0.717, 1.165) is 0 Å². The van der Waals surface area contributed by atoms with Crippen molar-refractivity contribution < 1.29 is 24.2 Å². The molecule has 3 rings (SSSR count). The number of aromatic hydroxyl groups is 1. The number of hydrogen-bond donors (Lipinski definition) is 1. The second-order valence-corrected chi connectivity index (χ2v) is 6.07. The highest BCUT2D eigenvalue weighted by Crippen LogP contribution is 2.50. The van der Waals surface area contributed by atoms with Crippen LogP contribution in [0.2, 0.25) is 0 Å². The summed E-state index contributed by atoms with van der Waals surface area (Å²) in [5, 5.41) is 9.89. The quantitative estimate of drug-likeness (QED) is 0.622. The summed E-state index contributed by atoms with van der Waals surface area (Å²) in [5.41, 5.74) is 2.44. The van der Waals surface area contributed by atoms with Gasteiger partial charge in [-0.25, -0.2) is 0 Å². The van der Waals surface area contributed by atoms with Crippen LogP contribution < -0.4 is 4.48 Å². The Morgan fingerprint density at radius 3 is 2.37 bits per heavy atom. The van der Waals surface area contributed by atoms with E-state index in [1.165, 1.54) is 6.07 Å². The summed E-state index contributed by atoms with van der Waals surface area (Å²) < 4.78 is 10.2. The van der Waals surface area contributed by atoms with Crippen molar-refractivity contribution in [2.45, 2.75) is 20.3 Å². The maximum atomic E-state index is 13.3. The Hall–Kier alpha value is -3.12. The third-order valence-corrected chi connectivity index (χ3v) is 4.44. The zero-order valence-electron chi connectivity index (χ0n) is 15.3. The van der Waals surface area contributed by atoms with E-state index in [1.807, 2.05) is 30.3 Å². The predicted molar refractivity (Wildman–Crippen MR) is 102 cm³/mol. The van der Waals surface area contributed by atoms with Gasteiger partial charge in [0, 0.05) is 29.8 Å². The molecule has 1 atom stereocenters. The average Bonchev–Trinajstić information content (AvgIpc) is 2.96. The van der Waals surface area contributed by atoms with Gasteiger partial charge < -0.3 is 14.6 Å². The molecule has 6 nitrogen and oxygen atoms in total. The molecule has 1 aliphatic rings. The standard InChI is InChI=1S/C21H21NO5/c1-3-26-20(24)14-17-12-15-13-18(23)10-11-19(15)22(17,21(25)27-4-2)16-8-6-5-7-9-16/h5-13H,3-4,14H2,1-2H3/p+1. The molecule has 27 heavy (non-hydrogen) atoms.